The van der Waals surface area contributed by atoms with E-state index in [1.807, 2.05) is 11.3 Å². The lowest BCUT2D eigenvalue weighted by Gasteiger charge is -2.26. The lowest BCUT2D eigenvalue weighted by Crippen LogP contribution is -2.34. The maximum absolute atomic E-state index is 3.78. The number of hydrogen-bond donors (Lipinski definition) is 1. The molecule has 0 spiro atoms. The van der Waals surface area contributed by atoms with Crippen molar-refractivity contribution in [2.24, 2.45) is 5.92 Å². The molecule has 1 heterocycles. The molecule has 1 aromatic carbocycles. The third-order valence-corrected chi connectivity index (χ3v) is 4.92. The first-order valence-corrected chi connectivity index (χ1v) is 8.77. The van der Waals surface area contributed by atoms with E-state index in [4.69, 9.17) is 0 Å². The molecule has 0 fully saturated rings. The standard InChI is InChI=1S/C17H22BrNS/c1-12(2)17(16-5-4-10-20-16)19-13(3)11-14-6-8-15(18)9-7-14/h4-10,12-13,17,19H,11H2,1-3H3. The smallest absolute Gasteiger partial charge is 0.0440 e. The number of benzene rings is 1. The van der Waals surface area contributed by atoms with E-state index in [0.29, 0.717) is 18.0 Å². The number of halogens is 1. The van der Waals surface area contributed by atoms with Crippen molar-refractivity contribution in [2.45, 2.75) is 39.3 Å². The quantitative estimate of drug-likeness (QED) is 0.731. The van der Waals surface area contributed by atoms with Gasteiger partial charge in [-0.25, -0.2) is 0 Å². The molecule has 0 aliphatic heterocycles. The van der Waals surface area contributed by atoms with Crippen LogP contribution in [0.1, 0.15) is 37.3 Å². The zero-order chi connectivity index (χ0) is 14.5. The van der Waals surface area contributed by atoms with Gasteiger partial charge in [0.05, 0.1) is 0 Å². The summed E-state index contributed by atoms with van der Waals surface area (Å²) in [7, 11) is 0. The summed E-state index contributed by atoms with van der Waals surface area (Å²) in [6.07, 6.45) is 1.06. The van der Waals surface area contributed by atoms with Gasteiger partial charge in [0.2, 0.25) is 0 Å². The molecule has 0 radical (unpaired) electrons. The van der Waals surface area contributed by atoms with E-state index in [0.717, 1.165) is 10.9 Å². The second kappa shape index (κ2) is 7.39. The maximum atomic E-state index is 3.78. The predicted molar refractivity (Wildman–Crippen MR) is 92.3 cm³/mol. The highest BCUT2D eigenvalue weighted by atomic mass is 79.9. The molecule has 1 nitrogen and oxygen atoms in total. The molecule has 3 heteroatoms. The van der Waals surface area contributed by atoms with Crippen LogP contribution in [0.3, 0.4) is 0 Å². The SMILES string of the molecule is CC(Cc1ccc(Br)cc1)NC(c1cccs1)C(C)C. The second-order valence-corrected chi connectivity index (χ2v) is 7.53. The van der Waals surface area contributed by atoms with Crippen molar-refractivity contribution in [3.63, 3.8) is 0 Å². The minimum absolute atomic E-state index is 0.445. The van der Waals surface area contributed by atoms with Gasteiger partial charge in [-0.1, -0.05) is 48.0 Å². The van der Waals surface area contributed by atoms with Crippen LogP contribution in [0.2, 0.25) is 0 Å². The fraction of sp³-hybridized carbons (Fsp3) is 0.412. The molecule has 108 valence electrons. The molecule has 0 aliphatic rings. The van der Waals surface area contributed by atoms with Crippen LogP contribution in [0.5, 0.6) is 0 Å². The molecule has 0 bridgehead atoms. The monoisotopic (exact) mass is 351 g/mol. The minimum Gasteiger partial charge on any atom is -0.306 e. The minimum atomic E-state index is 0.445. The lowest BCUT2D eigenvalue weighted by atomic mass is 10.00. The Morgan fingerprint density at radius 2 is 1.80 bits per heavy atom. The molecule has 0 saturated heterocycles. The van der Waals surface area contributed by atoms with Crippen molar-refractivity contribution in [3.8, 4) is 0 Å². The van der Waals surface area contributed by atoms with Gasteiger partial charge in [-0.15, -0.1) is 11.3 Å². The van der Waals surface area contributed by atoms with Crippen LogP contribution in [0.15, 0.2) is 46.3 Å². The van der Waals surface area contributed by atoms with Crippen molar-refractivity contribution in [1.82, 2.24) is 5.32 Å². The van der Waals surface area contributed by atoms with Gasteiger partial charge in [0.25, 0.3) is 0 Å². The van der Waals surface area contributed by atoms with E-state index in [2.05, 4.69) is 83.8 Å². The van der Waals surface area contributed by atoms with Gasteiger partial charge in [-0.05, 0) is 48.4 Å². The van der Waals surface area contributed by atoms with Gasteiger partial charge in [0.1, 0.15) is 0 Å². The first-order valence-electron chi connectivity index (χ1n) is 7.10. The third kappa shape index (κ3) is 4.44. The van der Waals surface area contributed by atoms with E-state index in [-0.39, 0.29) is 0 Å². The molecule has 2 rings (SSSR count). The molecule has 2 unspecified atom stereocenters. The Hall–Kier alpha value is -0.640. The topological polar surface area (TPSA) is 12.0 Å². The summed E-state index contributed by atoms with van der Waals surface area (Å²) in [5, 5.41) is 5.94. The van der Waals surface area contributed by atoms with Crippen LogP contribution in [0, 0.1) is 5.92 Å². The molecule has 2 aromatic rings. The van der Waals surface area contributed by atoms with E-state index in [1.165, 1.54) is 10.4 Å². The normalized spacial score (nSPS) is 14.4. The number of rotatable bonds is 6. The van der Waals surface area contributed by atoms with Crippen LogP contribution in [-0.2, 0) is 6.42 Å². The van der Waals surface area contributed by atoms with Gasteiger partial charge < -0.3 is 5.32 Å². The van der Waals surface area contributed by atoms with Gasteiger partial charge in [0.15, 0.2) is 0 Å². The Morgan fingerprint density at radius 3 is 2.35 bits per heavy atom. The summed E-state index contributed by atoms with van der Waals surface area (Å²) in [6, 6.07) is 13.9. The van der Waals surface area contributed by atoms with Crippen molar-refractivity contribution in [3.05, 3.63) is 56.7 Å². The lowest BCUT2D eigenvalue weighted by molar-refractivity contribution is 0.373. The van der Waals surface area contributed by atoms with Gasteiger partial charge in [-0.3, -0.25) is 0 Å². The highest BCUT2D eigenvalue weighted by Gasteiger charge is 2.18. The zero-order valence-corrected chi connectivity index (χ0v) is 14.7. The zero-order valence-electron chi connectivity index (χ0n) is 12.3. The summed E-state index contributed by atoms with van der Waals surface area (Å²) >= 11 is 5.32. The highest BCUT2D eigenvalue weighted by molar-refractivity contribution is 9.10. The first-order chi connectivity index (χ1) is 9.56. The summed E-state index contributed by atoms with van der Waals surface area (Å²) in [5.41, 5.74) is 1.38. The first kappa shape index (κ1) is 15.7. The Balaban J connectivity index is 1.98. The van der Waals surface area contributed by atoms with Crippen LogP contribution in [0.25, 0.3) is 0 Å². The van der Waals surface area contributed by atoms with Crippen molar-refractivity contribution in [1.29, 1.82) is 0 Å². The van der Waals surface area contributed by atoms with Crippen LogP contribution in [-0.4, -0.2) is 6.04 Å². The summed E-state index contributed by atoms with van der Waals surface area (Å²) in [4.78, 5) is 1.43. The van der Waals surface area contributed by atoms with E-state index < -0.39 is 0 Å². The maximum Gasteiger partial charge on any atom is 0.0440 e. The van der Waals surface area contributed by atoms with Gasteiger partial charge in [-0.2, -0.15) is 0 Å². The van der Waals surface area contributed by atoms with E-state index in [9.17, 15) is 0 Å². The molecule has 1 aromatic heterocycles. The number of hydrogen-bond acceptors (Lipinski definition) is 2. The molecule has 1 N–H and O–H groups in total. The van der Waals surface area contributed by atoms with Gasteiger partial charge >= 0.3 is 0 Å². The Kier molecular flexibility index (Phi) is 5.82. The molecular weight excluding hydrogens is 330 g/mol. The van der Waals surface area contributed by atoms with Crippen LogP contribution in [0.4, 0.5) is 0 Å². The molecule has 0 aliphatic carbocycles. The number of thiophene rings is 1. The van der Waals surface area contributed by atoms with Crippen LogP contribution >= 0.6 is 27.3 Å². The fourth-order valence-corrected chi connectivity index (χ4v) is 3.63. The van der Waals surface area contributed by atoms with Crippen molar-refractivity contribution < 1.29 is 0 Å². The highest BCUT2D eigenvalue weighted by Crippen LogP contribution is 2.26. The number of nitrogens with one attached hydrogen (secondary N) is 1. The summed E-state index contributed by atoms with van der Waals surface area (Å²) in [5.74, 6) is 0.598. The van der Waals surface area contributed by atoms with Crippen LogP contribution < -0.4 is 5.32 Å². The van der Waals surface area contributed by atoms with Crippen molar-refractivity contribution >= 4 is 27.3 Å². The second-order valence-electron chi connectivity index (χ2n) is 5.64. The van der Waals surface area contributed by atoms with E-state index >= 15 is 0 Å². The Labute approximate surface area is 134 Å². The molecule has 20 heavy (non-hydrogen) atoms. The molecule has 0 saturated carbocycles. The van der Waals surface area contributed by atoms with Crippen molar-refractivity contribution in [2.75, 3.05) is 0 Å². The summed E-state index contributed by atoms with van der Waals surface area (Å²) < 4.78 is 1.14. The molecule has 2 atom stereocenters. The molecular formula is C17H22BrNS. The van der Waals surface area contributed by atoms with Gasteiger partial charge in [0, 0.05) is 21.4 Å². The third-order valence-electron chi connectivity index (χ3n) is 3.44. The fourth-order valence-electron chi connectivity index (χ4n) is 2.41. The average molecular weight is 352 g/mol. The average Bonchev–Trinajstić information content (AvgIpc) is 2.92. The Morgan fingerprint density at radius 1 is 1.10 bits per heavy atom. The Bertz CT molecular complexity index is 504. The predicted octanol–water partition coefficient (Wildman–Crippen LogP) is 5.43. The van der Waals surface area contributed by atoms with E-state index in [1.54, 1.807) is 0 Å². The molecule has 0 amide bonds. The summed E-state index contributed by atoms with van der Waals surface area (Å²) in [6.45, 7) is 6.83. The largest absolute Gasteiger partial charge is 0.306 e.